The molecule has 0 spiro atoms. The lowest BCUT2D eigenvalue weighted by atomic mass is 10.3. The van der Waals surface area contributed by atoms with Crippen molar-refractivity contribution in [1.29, 1.82) is 0 Å². The van der Waals surface area contributed by atoms with E-state index in [1.807, 2.05) is 6.92 Å². The summed E-state index contributed by atoms with van der Waals surface area (Å²) in [4.78, 5) is 13.1. The van der Waals surface area contributed by atoms with Crippen molar-refractivity contribution in [3.8, 4) is 0 Å². The van der Waals surface area contributed by atoms with Gasteiger partial charge in [0.25, 0.3) is 5.91 Å². The third kappa shape index (κ3) is 2.14. The van der Waals surface area contributed by atoms with Gasteiger partial charge in [0, 0.05) is 13.7 Å². The minimum Gasteiger partial charge on any atom is -0.482 e. The smallest absolute Gasteiger partial charge is 0.264 e. The minimum atomic E-state index is -0.0369. The van der Waals surface area contributed by atoms with Crippen molar-refractivity contribution in [2.75, 3.05) is 26.9 Å². The van der Waals surface area contributed by atoms with Crippen LogP contribution < -0.4 is 0 Å². The second kappa shape index (κ2) is 4.81. The zero-order chi connectivity index (χ0) is 10.6. The molecule has 1 rings (SSSR count). The maximum atomic E-state index is 11.4. The third-order valence-corrected chi connectivity index (χ3v) is 2.12. The highest BCUT2D eigenvalue weighted by atomic mass is 16.5. The summed E-state index contributed by atoms with van der Waals surface area (Å²) in [6.07, 6.45) is 1.61. The SMILES string of the molecule is C=CC1=C(C)N(CCOC)C(=O)CO1. The Hall–Kier alpha value is -1.29. The Morgan fingerprint density at radius 1 is 1.71 bits per heavy atom. The average Bonchev–Trinajstić information content (AvgIpc) is 2.18. The lowest BCUT2D eigenvalue weighted by molar-refractivity contribution is -0.135. The molecule has 0 bridgehead atoms. The van der Waals surface area contributed by atoms with Crippen molar-refractivity contribution in [2.24, 2.45) is 0 Å². The fraction of sp³-hybridized carbons (Fsp3) is 0.500. The summed E-state index contributed by atoms with van der Waals surface area (Å²) in [5.41, 5.74) is 0.799. The molecule has 0 aromatic heterocycles. The van der Waals surface area contributed by atoms with Crippen LogP contribution in [0.15, 0.2) is 24.1 Å². The van der Waals surface area contributed by atoms with Gasteiger partial charge < -0.3 is 14.4 Å². The molecule has 1 aliphatic heterocycles. The van der Waals surface area contributed by atoms with Gasteiger partial charge in [0.15, 0.2) is 6.61 Å². The number of hydrogen-bond donors (Lipinski definition) is 0. The lowest BCUT2D eigenvalue weighted by Gasteiger charge is -2.29. The van der Waals surface area contributed by atoms with Gasteiger partial charge in [-0.2, -0.15) is 0 Å². The van der Waals surface area contributed by atoms with Gasteiger partial charge in [-0.15, -0.1) is 0 Å². The minimum absolute atomic E-state index is 0.0369. The summed E-state index contributed by atoms with van der Waals surface area (Å²) in [6, 6.07) is 0. The van der Waals surface area contributed by atoms with Crippen LogP contribution in [0.5, 0.6) is 0 Å². The highest BCUT2D eigenvalue weighted by molar-refractivity contribution is 5.80. The van der Waals surface area contributed by atoms with E-state index >= 15 is 0 Å². The van der Waals surface area contributed by atoms with Crippen LogP contribution in [-0.4, -0.2) is 37.7 Å². The van der Waals surface area contributed by atoms with Crippen molar-refractivity contribution < 1.29 is 14.3 Å². The standard InChI is InChI=1S/C10H15NO3/c1-4-9-8(2)11(5-6-13-3)10(12)7-14-9/h4H,1,5-7H2,2-3H3. The number of amides is 1. The quantitative estimate of drug-likeness (QED) is 0.672. The number of carbonyl (C=O) groups excluding carboxylic acids is 1. The number of allylic oxidation sites excluding steroid dienone is 2. The van der Waals surface area contributed by atoms with E-state index in [-0.39, 0.29) is 12.5 Å². The van der Waals surface area contributed by atoms with E-state index < -0.39 is 0 Å². The first-order valence-electron chi connectivity index (χ1n) is 4.46. The predicted octanol–water partition coefficient (Wildman–Crippen LogP) is 0.909. The molecule has 14 heavy (non-hydrogen) atoms. The molecule has 0 radical (unpaired) electrons. The Morgan fingerprint density at radius 2 is 2.43 bits per heavy atom. The molecule has 78 valence electrons. The van der Waals surface area contributed by atoms with Gasteiger partial charge in [-0.05, 0) is 13.0 Å². The Balaban J connectivity index is 2.77. The van der Waals surface area contributed by atoms with E-state index in [2.05, 4.69) is 6.58 Å². The molecular weight excluding hydrogens is 182 g/mol. The van der Waals surface area contributed by atoms with Crippen LogP contribution >= 0.6 is 0 Å². The van der Waals surface area contributed by atoms with Crippen molar-refractivity contribution in [3.05, 3.63) is 24.1 Å². The summed E-state index contributed by atoms with van der Waals surface area (Å²) < 4.78 is 10.1. The highest BCUT2D eigenvalue weighted by Gasteiger charge is 2.23. The molecule has 0 aliphatic carbocycles. The van der Waals surface area contributed by atoms with Crippen LogP contribution in [0.3, 0.4) is 0 Å². The summed E-state index contributed by atoms with van der Waals surface area (Å²) in [6.45, 7) is 6.62. The number of methoxy groups -OCH3 is 1. The number of rotatable bonds is 4. The van der Waals surface area contributed by atoms with Crippen molar-refractivity contribution >= 4 is 5.91 Å². The zero-order valence-electron chi connectivity index (χ0n) is 8.58. The van der Waals surface area contributed by atoms with E-state index in [1.54, 1.807) is 18.1 Å². The molecule has 4 nitrogen and oxygen atoms in total. The molecular formula is C10H15NO3. The highest BCUT2D eigenvalue weighted by Crippen LogP contribution is 2.17. The molecule has 1 aliphatic rings. The zero-order valence-corrected chi connectivity index (χ0v) is 8.58. The lowest BCUT2D eigenvalue weighted by Crippen LogP contribution is -2.39. The van der Waals surface area contributed by atoms with Crippen LogP contribution in [0.4, 0.5) is 0 Å². The van der Waals surface area contributed by atoms with Gasteiger partial charge in [-0.3, -0.25) is 4.79 Å². The molecule has 0 aromatic rings. The molecule has 1 amide bonds. The third-order valence-electron chi connectivity index (χ3n) is 2.12. The Bertz CT molecular complexity index is 271. The summed E-state index contributed by atoms with van der Waals surface area (Å²) in [5.74, 6) is 0.630. The van der Waals surface area contributed by atoms with Gasteiger partial charge in [0.1, 0.15) is 5.76 Å². The van der Waals surface area contributed by atoms with Gasteiger partial charge >= 0.3 is 0 Å². The Kier molecular flexibility index (Phi) is 3.71. The first kappa shape index (κ1) is 10.8. The Morgan fingerprint density at radius 3 is 3.00 bits per heavy atom. The molecule has 0 N–H and O–H groups in total. The number of ether oxygens (including phenoxy) is 2. The van der Waals surface area contributed by atoms with Crippen LogP contribution in [0.25, 0.3) is 0 Å². The monoisotopic (exact) mass is 197 g/mol. The molecule has 0 saturated carbocycles. The van der Waals surface area contributed by atoms with E-state index in [9.17, 15) is 4.79 Å². The van der Waals surface area contributed by atoms with Crippen LogP contribution in [0, 0.1) is 0 Å². The van der Waals surface area contributed by atoms with Gasteiger partial charge in [0.2, 0.25) is 0 Å². The van der Waals surface area contributed by atoms with Gasteiger partial charge in [-0.1, -0.05) is 6.58 Å². The number of carbonyl (C=O) groups is 1. The first-order chi connectivity index (χ1) is 6.70. The van der Waals surface area contributed by atoms with Gasteiger partial charge in [-0.25, -0.2) is 0 Å². The summed E-state index contributed by atoms with van der Waals surface area (Å²) >= 11 is 0. The van der Waals surface area contributed by atoms with E-state index in [1.165, 1.54) is 0 Å². The van der Waals surface area contributed by atoms with Crippen LogP contribution in [-0.2, 0) is 14.3 Å². The summed E-state index contributed by atoms with van der Waals surface area (Å²) in [5, 5.41) is 0. The number of nitrogens with zero attached hydrogens (tertiary/aromatic N) is 1. The predicted molar refractivity (Wildman–Crippen MR) is 52.4 cm³/mol. The molecule has 0 unspecified atom stereocenters. The first-order valence-corrected chi connectivity index (χ1v) is 4.46. The Labute approximate surface area is 83.8 Å². The maximum Gasteiger partial charge on any atom is 0.264 e. The second-order valence-corrected chi connectivity index (χ2v) is 2.98. The fourth-order valence-electron chi connectivity index (χ4n) is 1.32. The van der Waals surface area contributed by atoms with E-state index in [0.29, 0.717) is 18.9 Å². The molecule has 4 heteroatoms. The fourth-order valence-corrected chi connectivity index (χ4v) is 1.32. The molecule has 0 fully saturated rings. The van der Waals surface area contributed by atoms with Crippen LogP contribution in [0.2, 0.25) is 0 Å². The average molecular weight is 197 g/mol. The topological polar surface area (TPSA) is 38.8 Å². The van der Waals surface area contributed by atoms with Gasteiger partial charge in [0.05, 0.1) is 12.3 Å². The normalized spacial score (nSPS) is 17.0. The molecule has 1 heterocycles. The second-order valence-electron chi connectivity index (χ2n) is 2.98. The van der Waals surface area contributed by atoms with E-state index in [4.69, 9.17) is 9.47 Å². The molecule has 0 atom stereocenters. The number of hydrogen-bond acceptors (Lipinski definition) is 3. The van der Waals surface area contributed by atoms with Crippen LogP contribution in [0.1, 0.15) is 6.92 Å². The maximum absolute atomic E-state index is 11.4. The summed E-state index contributed by atoms with van der Waals surface area (Å²) in [7, 11) is 1.61. The largest absolute Gasteiger partial charge is 0.482 e. The molecule has 0 saturated heterocycles. The van der Waals surface area contributed by atoms with E-state index in [0.717, 1.165) is 5.70 Å². The van der Waals surface area contributed by atoms with Crippen molar-refractivity contribution in [1.82, 2.24) is 4.90 Å². The molecule has 0 aromatic carbocycles. The van der Waals surface area contributed by atoms with Crippen molar-refractivity contribution in [2.45, 2.75) is 6.92 Å². The van der Waals surface area contributed by atoms with Crippen molar-refractivity contribution in [3.63, 3.8) is 0 Å².